The van der Waals surface area contributed by atoms with Crippen LogP contribution >= 0.6 is 0 Å². The minimum atomic E-state index is -0.439. The number of rotatable bonds is 4. The summed E-state index contributed by atoms with van der Waals surface area (Å²) in [4.78, 5) is 12.8. The van der Waals surface area contributed by atoms with Crippen molar-refractivity contribution in [3.8, 4) is 0 Å². The van der Waals surface area contributed by atoms with Crippen LogP contribution in [0.1, 0.15) is 86.5 Å². The fraction of sp³-hybridized carbons (Fsp3) is 0.857. The Morgan fingerprint density at radius 1 is 0.903 bits per heavy atom. The van der Waals surface area contributed by atoms with Gasteiger partial charge in [0.1, 0.15) is 11.2 Å². The molecule has 10 atom stereocenters. The SMILES string of the molecule is CC(C)C(C)/C=C/C(C)[C@H]1CCC2C34C=CC5(C[C@@H](O)CC[C@]5(C)C3CC[C@@]21C)OO4. The molecule has 31 heavy (non-hydrogen) atoms. The lowest BCUT2D eigenvalue weighted by atomic mass is 9.43. The molecule has 2 bridgehead atoms. The zero-order chi connectivity index (χ0) is 22.2. The summed E-state index contributed by atoms with van der Waals surface area (Å²) in [6.45, 7) is 14.4. The number of hydrogen-bond donors (Lipinski definition) is 1. The van der Waals surface area contributed by atoms with Crippen LogP contribution in [0, 0.1) is 46.3 Å². The zero-order valence-corrected chi connectivity index (χ0v) is 20.6. The molecule has 1 N–H and O–H groups in total. The Morgan fingerprint density at radius 3 is 2.35 bits per heavy atom. The van der Waals surface area contributed by atoms with Crippen LogP contribution in [0.5, 0.6) is 0 Å². The highest BCUT2D eigenvalue weighted by molar-refractivity contribution is 5.33. The average molecular weight is 429 g/mol. The van der Waals surface area contributed by atoms with E-state index >= 15 is 0 Å². The molecule has 4 fully saturated rings. The lowest BCUT2D eigenvalue weighted by Crippen LogP contribution is -2.73. The standard InChI is InChI=1S/C28H44O3/c1-18(2)19(3)7-8-20(4)22-9-10-23-25(22,5)13-12-24-26(6)14-11-21(29)17-27(26)15-16-28(23,24)31-30-27/h7-8,15-16,18-24,29H,9-14,17H2,1-6H3/b8-7+/t19?,20?,21-,22+,23?,24?,25+,26+,27?,28?/m0/s1. The van der Waals surface area contributed by atoms with Crippen LogP contribution in [0.4, 0.5) is 0 Å². The number of allylic oxidation sites excluding steroid dienone is 2. The summed E-state index contributed by atoms with van der Waals surface area (Å²) in [5, 5.41) is 10.4. The molecule has 0 aromatic heterocycles. The Labute approximate surface area is 189 Å². The smallest absolute Gasteiger partial charge is 0.130 e. The Bertz CT molecular complexity index is 772. The molecule has 6 unspecified atom stereocenters. The number of aliphatic hydroxyl groups excluding tert-OH is 1. The van der Waals surface area contributed by atoms with Gasteiger partial charge in [-0.05, 0) is 73.7 Å². The molecular formula is C28H44O3. The number of aliphatic hydroxyl groups is 1. The van der Waals surface area contributed by atoms with Gasteiger partial charge < -0.3 is 5.11 Å². The second-order valence-electron chi connectivity index (χ2n) is 12.7. The van der Waals surface area contributed by atoms with Crippen molar-refractivity contribution in [1.82, 2.24) is 0 Å². The van der Waals surface area contributed by atoms with Crippen molar-refractivity contribution >= 4 is 0 Å². The second kappa shape index (κ2) is 7.18. The fourth-order valence-corrected chi connectivity index (χ4v) is 8.71. The molecular weight excluding hydrogens is 384 g/mol. The minimum Gasteiger partial charge on any atom is -0.393 e. The summed E-state index contributed by atoms with van der Waals surface area (Å²) in [5.74, 6) is 3.64. The van der Waals surface area contributed by atoms with E-state index in [1.165, 1.54) is 25.7 Å². The van der Waals surface area contributed by atoms with Crippen molar-refractivity contribution in [3.63, 3.8) is 0 Å². The fourth-order valence-electron chi connectivity index (χ4n) is 8.71. The molecule has 2 spiro atoms. The summed E-state index contributed by atoms with van der Waals surface area (Å²) >= 11 is 0. The van der Waals surface area contributed by atoms with Crippen LogP contribution in [-0.4, -0.2) is 22.4 Å². The zero-order valence-electron chi connectivity index (χ0n) is 20.6. The van der Waals surface area contributed by atoms with E-state index < -0.39 is 5.60 Å². The molecule has 0 amide bonds. The van der Waals surface area contributed by atoms with Crippen LogP contribution in [0.15, 0.2) is 24.3 Å². The third-order valence-electron chi connectivity index (χ3n) is 11.1. The first-order valence-corrected chi connectivity index (χ1v) is 13.0. The summed E-state index contributed by atoms with van der Waals surface area (Å²) in [6.07, 6.45) is 17.0. The van der Waals surface area contributed by atoms with Gasteiger partial charge in [0.05, 0.1) is 6.10 Å². The van der Waals surface area contributed by atoms with E-state index in [1.54, 1.807) is 0 Å². The second-order valence-corrected chi connectivity index (χ2v) is 12.7. The average Bonchev–Trinajstić information content (AvgIpc) is 3.09. The van der Waals surface area contributed by atoms with Crippen LogP contribution in [0.2, 0.25) is 0 Å². The van der Waals surface area contributed by atoms with Crippen molar-refractivity contribution in [1.29, 1.82) is 0 Å². The Balaban J connectivity index is 1.45. The molecule has 4 aliphatic carbocycles. The van der Waals surface area contributed by atoms with Gasteiger partial charge in [0.25, 0.3) is 0 Å². The topological polar surface area (TPSA) is 38.7 Å². The van der Waals surface area contributed by atoms with Gasteiger partial charge in [-0.1, -0.05) is 59.8 Å². The molecule has 3 saturated carbocycles. The van der Waals surface area contributed by atoms with Gasteiger partial charge in [-0.2, -0.15) is 0 Å². The molecule has 6 rings (SSSR count). The van der Waals surface area contributed by atoms with Crippen molar-refractivity contribution in [2.75, 3.05) is 0 Å². The van der Waals surface area contributed by atoms with Crippen LogP contribution in [-0.2, 0) is 9.78 Å². The third-order valence-corrected chi connectivity index (χ3v) is 11.1. The molecule has 0 radical (unpaired) electrons. The maximum absolute atomic E-state index is 10.4. The van der Waals surface area contributed by atoms with E-state index in [2.05, 4.69) is 65.8 Å². The van der Waals surface area contributed by atoms with E-state index in [1.807, 2.05) is 0 Å². The monoisotopic (exact) mass is 428 g/mol. The summed E-state index contributed by atoms with van der Waals surface area (Å²) in [6, 6.07) is 0. The first kappa shape index (κ1) is 22.2. The summed E-state index contributed by atoms with van der Waals surface area (Å²) in [7, 11) is 0. The van der Waals surface area contributed by atoms with E-state index in [9.17, 15) is 5.11 Å². The van der Waals surface area contributed by atoms with Crippen LogP contribution in [0.3, 0.4) is 0 Å². The van der Waals surface area contributed by atoms with Gasteiger partial charge in [-0.15, -0.1) is 0 Å². The van der Waals surface area contributed by atoms with Gasteiger partial charge in [-0.3, -0.25) is 0 Å². The first-order chi connectivity index (χ1) is 14.6. The highest BCUT2D eigenvalue weighted by Gasteiger charge is 2.74. The van der Waals surface area contributed by atoms with Crippen LogP contribution < -0.4 is 0 Å². The van der Waals surface area contributed by atoms with Gasteiger partial charge in [-0.25, -0.2) is 9.78 Å². The summed E-state index contributed by atoms with van der Waals surface area (Å²) in [5.41, 5.74) is -0.366. The minimum absolute atomic E-state index is 0.0663. The lowest BCUT2D eigenvalue weighted by Gasteiger charge is -2.69. The van der Waals surface area contributed by atoms with Crippen LogP contribution in [0.25, 0.3) is 0 Å². The maximum atomic E-state index is 10.4. The molecule has 2 heterocycles. The third kappa shape index (κ3) is 2.88. The van der Waals surface area contributed by atoms with E-state index in [4.69, 9.17) is 9.78 Å². The van der Waals surface area contributed by atoms with Crippen molar-refractivity contribution in [3.05, 3.63) is 24.3 Å². The highest BCUT2D eigenvalue weighted by atomic mass is 17.2. The predicted octanol–water partition coefficient (Wildman–Crippen LogP) is 6.47. The lowest BCUT2D eigenvalue weighted by molar-refractivity contribution is -0.497. The highest BCUT2D eigenvalue weighted by Crippen LogP contribution is 2.72. The Hall–Kier alpha value is -0.640. The number of fused-ring (bicyclic) bond motifs is 2. The Kier molecular flexibility index (Phi) is 5.13. The van der Waals surface area contributed by atoms with Gasteiger partial charge >= 0.3 is 0 Å². The van der Waals surface area contributed by atoms with E-state index in [0.717, 1.165) is 12.8 Å². The Morgan fingerprint density at radius 2 is 1.68 bits per heavy atom. The molecule has 1 saturated heterocycles. The van der Waals surface area contributed by atoms with E-state index in [-0.39, 0.29) is 22.5 Å². The molecule has 2 aliphatic heterocycles. The first-order valence-electron chi connectivity index (χ1n) is 13.0. The van der Waals surface area contributed by atoms with Gasteiger partial charge in [0.2, 0.25) is 0 Å². The van der Waals surface area contributed by atoms with Crippen molar-refractivity contribution in [2.45, 2.75) is 104 Å². The largest absolute Gasteiger partial charge is 0.393 e. The molecule has 3 nitrogen and oxygen atoms in total. The maximum Gasteiger partial charge on any atom is 0.130 e. The molecule has 6 aliphatic rings. The van der Waals surface area contributed by atoms with Crippen molar-refractivity contribution < 1.29 is 14.9 Å². The summed E-state index contributed by atoms with van der Waals surface area (Å²) < 4.78 is 0. The quantitative estimate of drug-likeness (QED) is 0.412. The van der Waals surface area contributed by atoms with Gasteiger partial charge in [0, 0.05) is 23.7 Å². The molecule has 174 valence electrons. The molecule has 0 aromatic carbocycles. The van der Waals surface area contributed by atoms with E-state index in [0.29, 0.717) is 41.9 Å². The molecule has 3 heteroatoms. The van der Waals surface area contributed by atoms with Crippen molar-refractivity contribution in [2.24, 2.45) is 46.3 Å². The predicted molar refractivity (Wildman–Crippen MR) is 124 cm³/mol. The normalized spacial score (nSPS) is 52.8. The number of hydrogen-bond acceptors (Lipinski definition) is 3. The van der Waals surface area contributed by atoms with Gasteiger partial charge in [0.15, 0.2) is 0 Å². The molecule has 0 aromatic rings.